The molecule has 0 saturated heterocycles. The molecule has 0 aliphatic carbocycles. The average Bonchev–Trinajstić information content (AvgIpc) is 2.74. The van der Waals surface area contributed by atoms with Gasteiger partial charge in [-0.15, -0.1) is 0 Å². The van der Waals surface area contributed by atoms with Crippen molar-refractivity contribution in [1.82, 2.24) is 0 Å². The van der Waals surface area contributed by atoms with Gasteiger partial charge in [-0.3, -0.25) is 4.57 Å². The molecule has 156 valence electrons. The summed E-state index contributed by atoms with van der Waals surface area (Å²) in [5.41, 5.74) is 3.10. The number of hydrogen-bond acceptors (Lipinski definition) is 5. The van der Waals surface area contributed by atoms with Gasteiger partial charge in [0.15, 0.2) is 0 Å². The molecular weight excluding hydrogens is 387 g/mol. The zero-order chi connectivity index (χ0) is 21.1. The van der Waals surface area contributed by atoms with Gasteiger partial charge in [0, 0.05) is 0 Å². The van der Waals surface area contributed by atoms with Crippen LogP contribution in [0.4, 0.5) is 0 Å². The van der Waals surface area contributed by atoms with E-state index in [2.05, 4.69) is 0 Å². The van der Waals surface area contributed by atoms with Gasteiger partial charge < -0.3 is 18.5 Å². The van der Waals surface area contributed by atoms with Gasteiger partial charge in [-0.1, -0.05) is 42.5 Å². The predicted molar refractivity (Wildman–Crippen MR) is 118 cm³/mol. The Morgan fingerprint density at radius 3 is 1.66 bits per heavy atom. The molecule has 5 nitrogen and oxygen atoms in total. The summed E-state index contributed by atoms with van der Waals surface area (Å²) in [7, 11) is 0.198. The van der Waals surface area contributed by atoms with Crippen molar-refractivity contribution in [2.24, 2.45) is 0 Å². The van der Waals surface area contributed by atoms with Gasteiger partial charge in [-0.25, -0.2) is 0 Å². The zero-order valence-corrected chi connectivity index (χ0v) is 18.4. The molecule has 0 heterocycles. The molecule has 0 aromatic heterocycles. The summed E-state index contributed by atoms with van der Waals surface area (Å²) < 4.78 is 33.8. The lowest BCUT2D eigenvalue weighted by Crippen LogP contribution is -1.98. The van der Waals surface area contributed by atoms with Crippen molar-refractivity contribution in [3.8, 4) is 11.5 Å². The highest BCUT2D eigenvalue weighted by Crippen LogP contribution is 2.47. The van der Waals surface area contributed by atoms with Gasteiger partial charge in [0.2, 0.25) is 0 Å². The second-order valence-electron chi connectivity index (χ2n) is 6.09. The maximum Gasteiger partial charge on any atom is 0.334 e. The average molecular weight is 416 g/mol. The van der Waals surface area contributed by atoms with Gasteiger partial charge >= 0.3 is 7.60 Å². The van der Waals surface area contributed by atoms with Crippen molar-refractivity contribution in [3.05, 3.63) is 77.9 Å². The summed E-state index contributed by atoms with van der Waals surface area (Å²) in [4.78, 5) is 0. The maximum atomic E-state index is 12.6. The fourth-order valence-electron chi connectivity index (χ4n) is 2.79. The third-order valence-corrected chi connectivity index (χ3v) is 6.14. The highest BCUT2D eigenvalue weighted by Gasteiger charge is 2.20. The van der Waals surface area contributed by atoms with Crippen LogP contribution in [0.3, 0.4) is 0 Å². The van der Waals surface area contributed by atoms with Crippen LogP contribution in [0.1, 0.15) is 25.0 Å². The molecule has 2 aromatic rings. The minimum Gasteiger partial charge on any atom is -0.497 e. The summed E-state index contributed by atoms with van der Waals surface area (Å²) in [6, 6.07) is 15.7. The quantitative estimate of drug-likeness (QED) is 0.334. The first-order chi connectivity index (χ1) is 14.0. The molecule has 0 N–H and O–H groups in total. The standard InChI is InChI=1S/C23H29O5P/c1-5-27-29(24,28-6-2)18-8-7-9-23(19-10-14-21(25-3)15-11-19)20-12-16-22(26-4)17-13-20/h7-17H,5-6,18H2,1-4H3/b8-7+. The molecule has 2 aromatic carbocycles. The van der Waals surface area contributed by atoms with E-state index in [0.29, 0.717) is 13.2 Å². The number of rotatable bonds is 11. The molecule has 2 rings (SSSR count). The monoisotopic (exact) mass is 416 g/mol. The van der Waals surface area contributed by atoms with Gasteiger partial charge in [-0.05, 0) is 54.8 Å². The predicted octanol–water partition coefficient (Wildman–Crippen LogP) is 5.96. The SMILES string of the molecule is CCOP(=O)(C/C=C/C=C(c1ccc(OC)cc1)c1ccc(OC)cc1)OCC. The summed E-state index contributed by atoms with van der Waals surface area (Å²) in [5, 5.41) is 0. The van der Waals surface area contributed by atoms with Gasteiger partial charge in [0.25, 0.3) is 0 Å². The lowest BCUT2D eigenvalue weighted by Gasteiger charge is -2.14. The van der Waals surface area contributed by atoms with Crippen LogP contribution >= 0.6 is 7.60 Å². The van der Waals surface area contributed by atoms with Crippen molar-refractivity contribution in [2.45, 2.75) is 13.8 Å². The third-order valence-electron chi connectivity index (χ3n) is 4.18. The maximum absolute atomic E-state index is 12.6. The Kier molecular flexibility index (Phi) is 9.20. The highest BCUT2D eigenvalue weighted by molar-refractivity contribution is 7.54. The largest absolute Gasteiger partial charge is 0.497 e. The Balaban J connectivity index is 2.31. The van der Waals surface area contributed by atoms with Crippen LogP contribution in [0.2, 0.25) is 0 Å². The normalized spacial score (nSPS) is 11.4. The topological polar surface area (TPSA) is 54.0 Å². The second-order valence-corrected chi connectivity index (χ2v) is 8.20. The molecule has 0 amide bonds. The van der Waals surface area contributed by atoms with Gasteiger partial charge in [0.05, 0.1) is 33.6 Å². The van der Waals surface area contributed by atoms with Crippen molar-refractivity contribution in [2.75, 3.05) is 33.6 Å². The van der Waals surface area contributed by atoms with Crippen LogP contribution in [0.5, 0.6) is 11.5 Å². The molecule has 0 fully saturated rings. The Morgan fingerprint density at radius 1 is 0.828 bits per heavy atom. The first-order valence-electron chi connectivity index (χ1n) is 9.59. The summed E-state index contributed by atoms with van der Waals surface area (Å²) in [5.74, 6) is 1.60. The van der Waals surface area contributed by atoms with Crippen LogP contribution in [-0.2, 0) is 13.6 Å². The van der Waals surface area contributed by atoms with Crippen LogP contribution in [0.15, 0.2) is 66.8 Å². The Bertz CT molecular complexity index is 794. The van der Waals surface area contributed by atoms with Crippen LogP contribution in [0.25, 0.3) is 5.57 Å². The molecule has 0 bridgehead atoms. The van der Waals surface area contributed by atoms with Crippen LogP contribution in [0, 0.1) is 0 Å². The second kappa shape index (κ2) is 11.6. The molecule has 0 aliphatic rings. The molecule has 6 heteroatoms. The Hall–Kier alpha value is -2.33. The number of hydrogen-bond donors (Lipinski definition) is 0. The van der Waals surface area contributed by atoms with E-state index in [0.717, 1.165) is 28.2 Å². The zero-order valence-electron chi connectivity index (χ0n) is 17.5. The fourth-order valence-corrected chi connectivity index (χ4v) is 4.24. The molecule has 0 spiro atoms. The first kappa shape index (κ1) is 23.0. The van der Waals surface area contributed by atoms with Gasteiger partial charge in [-0.2, -0.15) is 0 Å². The summed E-state index contributed by atoms with van der Waals surface area (Å²) in [6.07, 6.45) is 5.92. The smallest absolute Gasteiger partial charge is 0.334 e. The lowest BCUT2D eigenvalue weighted by molar-refractivity contribution is 0.222. The third kappa shape index (κ3) is 6.90. The lowest BCUT2D eigenvalue weighted by atomic mass is 9.97. The van der Waals surface area contributed by atoms with E-state index in [1.54, 1.807) is 28.1 Å². The van der Waals surface area contributed by atoms with Crippen LogP contribution < -0.4 is 9.47 Å². The molecule has 0 saturated carbocycles. The van der Waals surface area contributed by atoms with Crippen molar-refractivity contribution < 1.29 is 23.1 Å². The molecule has 0 unspecified atom stereocenters. The van der Waals surface area contributed by atoms with E-state index in [4.69, 9.17) is 18.5 Å². The first-order valence-corrected chi connectivity index (χ1v) is 11.3. The van der Waals surface area contributed by atoms with E-state index >= 15 is 0 Å². The molecule has 0 atom stereocenters. The van der Waals surface area contributed by atoms with Gasteiger partial charge in [0.1, 0.15) is 11.5 Å². The highest BCUT2D eigenvalue weighted by atomic mass is 31.2. The van der Waals surface area contributed by atoms with E-state index in [1.165, 1.54) is 0 Å². The van der Waals surface area contributed by atoms with Crippen LogP contribution in [-0.4, -0.2) is 33.6 Å². The van der Waals surface area contributed by atoms with Crippen molar-refractivity contribution in [3.63, 3.8) is 0 Å². The molecule has 0 aliphatic heterocycles. The minimum atomic E-state index is -3.09. The van der Waals surface area contributed by atoms with Crippen molar-refractivity contribution in [1.29, 1.82) is 0 Å². The van der Waals surface area contributed by atoms with E-state index in [1.807, 2.05) is 66.8 Å². The number of ether oxygens (including phenoxy) is 2. The van der Waals surface area contributed by atoms with Crippen molar-refractivity contribution >= 4 is 13.2 Å². The van der Waals surface area contributed by atoms with E-state index < -0.39 is 7.60 Å². The Morgan fingerprint density at radius 2 is 1.28 bits per heavy atom. The fraction of sp³-hybridized carbons (Fsp3) is 0.304. The number of allylic oxidation sites excluding steroid dienone is 3. The number of methoxy groups -OCH3 is 2. The summed E-state index contributed by atoms with van der Waals surface area (Å²) in [6.45, 7) is 4.31. The number of benzene rings is 2. The molecule has 0 radical (unpaired) electrons. The molecule has 29 heavy (non-hydrogen) atoms. The molecular formula is C23H29O5P. The van der Waals surface area contributed by atoms with E-state index in [9.17, 15) is 4.57 Å². The Labute approximate surface area is 173 Å². The minimum absolute atomic E-state index is 0.226. The summed E-state index contributed by atoms with van der Waals surface area (Å²) >= 11 is 0. The van der Waals surface area contributed by atoms with E-state index in [-0.39, 0.29) is 6.16 Å².